The first kappa shape index (κ1) is 23.5. The summed E-state index contributed by atoms with van der Waals surface area (Å²) in [6.07, 6.45) is 7.07. The molecule has 0 radical (unpaired) electrons. The summed E-state index contributed by atoms with van der Waals surface area (Å²) in [5.74, 6) is 2.27. The van der Waals surface area contributed by atoms with Crippen molar-refractivity contribution in [3.8, 4) is 5.75 Å². The maximum atomic E-state index is 13.9. The Morgan fingerprint density at radius 1 is 0.921 bits per heavy atom. The van der Waals surface area contributed by atoms with E-state index in [4.69, 9.17) is 9.72 Å². The van der Waals surface area contributed by atoms with Gasteiger partial charge in [0.25, 0.3) is 5.91 Å². The van der Waals surface area contributed by atoms with Crippen molar-refractivity contribution in [1.82, 2.24) is 9.88 Å². The molecule has 3 atom stereocenters. The zero-order valence-corrected chi connectivity index (χ0v) is 21.8. The number of benzene rings is 3. The van der Waals surface area contributed by atoms with Crippen LogP contribution >= 0.6 is 0 Å². The highest BCUT2D eigenvalue weighted by molar-refractivity contribution is 5.97. The number of fused-ring (bicyclic) bond motifs is 3. The molecular formula is C34H34N2O2. The largest absolute Gasteiger partial charge is 0.487 e. The van der Waals surface area contributed by atoms with Gasteiger partial charge >= 0.3 is 0 Å². The zero-order valence-electron chi connectivity index (χ0n) is 21.8. The Labute approximate surface area is 224 Å². The Balaban J connectivity index is 1.29. The molecule has 3 fully saturated rings. The van der Waals surface area contributed by atoms with Crippen LogP contribution in [0.2, 0.25) is 0 Å². The van der Waals surface area contributed by atoms with Gasteiger partial charge in [0.05, 0.1) is 11.2 Å². The van der Waals surface area contributed by atoms with Crippen molar-refractivity contribution in [2.75, 3.05) is 13.1 Å². The van der Waals surface area contributed by atoms with E-state index in [1.165, 1.54) is 24.8 Å². The van der Waals surface area contributed by atoms with Crippen molar-refractivity contribution >= 4 is 16.8 Å². The number of likely N-dealkylation sites (tertiary alicyclic amines) is 1. The van der Waals surface area contributed by atoms with Crippen LogP contribution in [0.3, 0.4) is 0 Å². The Kier molecular flexibility index (Phi) is 5.91. The maximum absolute atomic E-state index is 13.9. The van der Waals surface area contributed by atoms with Crippen molar-refractivity contribution in [1.29, 1.82) is 0 Å². The smallest absolute Gasteiger partial charge is 0.254 e. The van der Waals surface area contributed by atoms with Crippen molar-refractivity contribution in [3.05, 3.63) is 107 Å². The third kappa shape index (κ3) is 3.98. The molecule has 7 rings (SSSR count). The standard InChI is InChI=1S/C34H34N2O2/c37-33(36-18-6-7-19-36)30-17-16-29(38-23-28-15-13-25-8-4-5-11-32(25)35-28)21-31(30)34(26-9-2-1-3-10-26)22-24-12-14-27(34)20-24/h1-5,8-11,13,15-17,21,24,27H,6-7,12,14,18-20,22-23H2/t24-,27-,34-/m0/s1. The highest BCUT2D eigenvalue weighted by Crippen LogP contribution is 2.61. The number of carbonyl (C=O) groups excluding carboxylic acids is 1. The molecule has 0 spiro atoms. The molecule has 1 aliphatic heterocycles. The predicted octanol–water partition coefficient (Wildman–Crippen LogP) is 7.16. The lowest BCUT2D eigenvalue weighted by Gasteiger charge is -2.40. The van der Waals surface area contributed by atoms with E-state index in [2.05, 4.69) is 48.5 Å². The minimum absolute atomic E-state index is 0.143. The number of para-hydroxylation sites is 1. The second-order valence-corrected chi connectivity index (χ2v) is 11.4. The quantitative estimate of drug-likeness (QED) is 0.281. The average Bonchev–Trinajstić information content (AvgIpc) is 3.75. The Bertz CT molecular complexity index is 1480. The topological polar surface area (TPSA) is 42.4 Å². The molecule has 4 nitrogen and oxygen atoms in total. The molecule has 0 unspecified atom stereocenters. The second-order valence-electron chi connectivity index (χ2n) is 11.4. The third-order valence-corrected chi connectivity index (χ3v) is 9.28. The number of hydrogen-bond acceptors (Lipinski definition) is 3. The summed E-state index contributed by atoms with van der Waals surface area (Å²) in [6, 6.07) is 29.5. The van der Waals surface area contributed by atoms with Gasteiger partial charge < -0.3 is 9.64 Å². The Morgan fingerprint density at radius 3 is 2.53 bits per heavy atom. The zero-order chi connectivity index (χ0) is 25.5. The average molecular weight is 503 g/mol. The van der Waals surface area contributed by atoms with Gasteiger partial charge in [0.15, 0.2) is 0 Å². The third-order valence-electron chi connectivity index (χ3n) is 9.28. The van der Waals surface area contributed by atoms with Gasteiger partial charge in [-0.25, -0.2) is 4.98 Å². The summed E-state index contributed by atoms with van der Waals surface area (Å²) < 4.78 is 6.38. The fourth-order valence-corrected chi connectivity index (χ4v) is 7.51. The molecule has 1 amide bonds. The Morgan fingerprint density at radius 2 is 1.74 bits per heavy atom. The number of amides is 1. The van der Waals surface area contributed by atoms with Gasteiger partial charge in [0.2, 0.25) is 0 Å². The number of rotatable bonds is 6. The first-order valence-electron chi connectivity index (χ1n) is 14.2. The van der Waals surface area contributed by atoms with Crippen LogP contribution in [-0.4, -0.2) is 28.9 Å². The number of ether oxygens (including phenoxy) is 1. The molecule has 3 aromatic carbocycles. The van der Waals surface area contributed by atoms with E-state index in [0.29, 0.717) is 12.5 Å². The minimum atomic E-state index is -0.143. The molecule has 3 aliphatic rings. The minimum Gasteiger partial charge on any atom is -0.487 e. The van der Waals surface area contributed by atoms with Crippen LogP contribution in [0.5, 0.6) is 5.75 Å². The van der Waals surface area contributed by atoms with Crippen LogP contribution in [0.15, 0.2) is 84.9 Å². The lowest BCUT2D eigenvalue weighted by atomic mass is 9.63. The highest BCUT2D eigenvalue weighted by atomic mass is 16.5. The SMILES string of the molecule is O=C(c1ccc(OCc2ccc3ccccc3n2)cc1[C@]1(c2ccccc2)C[C@H]2CC[C@H]1C2)N1CCCC1. The van der Waals surface area contributed by atoms with Gasteiger partial charge in [0.1, 0.15) is 12.4 Å². The van der Waals surface area contributed by atoms with Crippen LogP contribution in [0, 0.1) is 11.8 Å². The van der Waals surface area contributed by atoms with Crippen LogP contribution in [0.4, 0.5) is 0 Å². The molecular weight excluding hydrogens is 468 g/mol. The molecule has 0 N–H and O–H groups in total. The molecule has 4 heteroatoms. The van der Waals surface area contributed by atoms with Crippen molar-refractivity contribution < 1.29 is 9.53 Å². The fourth-order valence-electron chi connectivity index (χ4n) is 7.51. The van der Waals surface area contributed by atoms with Crippen LogP contribution < -0.4 is 4.74 Å². The highest BCUT2D eigenvalue weighted by Gasteiger charge is 2.54. The van der Waals surface area contributed by atoms with E-state index in [9.17, 15) is 4.79 Å². The molecule has 2 heterocycles. The van der Waals surface area contributed by atoms with Crippen LogP contribution in [0.25, 0.3) is 10.9 Å². The van der Waals surface area contributed by atoms with Gasteiger partial charge in [-0.3, -0.25) is 4.79 Å². The number of nitrogens with zero attached hydrogens (tertiary/aromatic N) is 2. The lowest BCUT2D eigenvalue weighted by molar-refractivity contribution is 0.0789. The van der Waals surface area contributed by atoms with Gasteiger partial charge in [-0.2, -0.15) is 0 Å². The van der Waals surface area contributed by atoms with Gasteiger partial charge in [0, 0.05) is 29.5 Å². The van der Waals surface area contributed by atoms with Gasteiger partial charge in [-0.15, -0.1) is 0 Å². The maximum Gasteiger partial charge on any atom is 0.254 e. The van der Waals surface area contributed by atoms with Crippen molar-refractivity contribution in [2.24, 2.45) is 11.8 Å². The second kappa shape index (κ2) is 9.58. The van der Waals surface area contributed by atoms with E-state index in [1.54, 1.807) is 0 Å². The summed E-state index contributed by atoms with van der Waals surface area (Å²) in [5, 5.41) is 1.13. The summed E-state index contributed by atoms with van der Waals surface area (Å²) in [6.45, 7) is 2.11. The molecule has 2 saturated carbocycles. The van der Waals surface area contributed by atoms with Gasteiger partial charge in [-0.05, 0) is 85.4 Å². The lowest BCUT2D eigenvalue weighted by Crippen LogP contribution is -2.37. The number of carbonyl (C=O) groups is 1. The van der Waals surface area contributed by atoms with E-state index < -0.39 is 0 Å². The molecule has 1 aromatic heterocycles. The Hall–Kier alpha value is -3.66. The molecule has 2 aliphatic carbocycles. The molecule has 1 saturated heterocycles. The fraction of sp³-hybridized carbons (Fsp3) is 0.353. The summed E-state index contributed by atoms with van der Waals surface area (Å²) in [7, 11) is 0. The van der Waals surface area contributed by atoms with E-state index in [0.717, 1.165) is 71.7 Å². The number of aromatic nitrogens is 1. The molecule has 4 aromatic rings. The van der Waals surface area contributed by atoms with Gasteiger partial charge in [-0.1, -0.05) is 61.0 Å². The van der Waals surface area contributed by atoms with Crippen molar-refractivity contribution in [2.45, 2.75) is 50.5 Å². The first-order chi connectivity index (χ1) is 18.7. The molecule has 2 bridgehead atoms. The van der Waals surface area contributed by atoms with Crippen molar-refractivity contribution in [3.63, 3.8) is 0 Å². The van der Waals surface area contributed by atoms with Crippen LogP contribution in [0.1, 0.15) is 65.7 Å². The summed E-state index contributed by atoms with van der Waals surface area (Å²) >= 11 is 0. The van der Waals surface area contributed by atoms with Crippen LogP contribution in [-0.2, 0) is 12.0 Å². The predicted molar refractivity (Wildman–Crippen MR) is 150 cm³/mol. The molecule has 192 valence electrons. The monoisotopic (exact) mass is 502 g/mol. The summed E-state index contributed by atoms with van der Waals surface area (Å²) in [5.41, 5.74) is 5.11. The summed E-state index contributed by atoms with van der Waals surface area (Å²) in [4.78, 5) is 20.7. The van der Waals surface area contributed by atoms with E-state index in [-0.39, 0.29) is 11.3 Å². The van der Waals surface area contributed by atoms with E-state index in [1.807, 2.05) is 41.3 Å². The molecule has 38 heavy (non-hydrogen) atoms. The van der Waals surface area contributed by atoms with E-state index >= 15 is 0 Å². The number of hydrogen-bond donors (Lipinski definition) is 0. The normalized spacial score (nSPS) is 24.3. The number of pyridine rings is 1. The first-order valence-corrected chi connectivity index (χ1v) is 14.2.